The van der Waals surface area contributed by atoms with Crippen LogP contribution in [0.5, 0.6) is 0 Å². The van der Waals surface area contributed by atoms with E-state index in [2.05, 4.69) is 10.5 Å². The van der Waals surface area contributed by atoms with Crippen LogP contribution < -0.4 is 5.32 Å². The predicted octanol–water partition coefficient (Wildman–Crippen LogP) is 0.983. The molecule has 0 atom stereocenters. The van der Waals surface area contributed by atoms with Gasteiger partial charge in [-0.1, -0.05) is 12.2 Å². The minimum Gasteiger partial charge on any atom is -0.385 e. The third-order valence-corrected chi connectivity index (χ3v) is 2.04. The molecule has 0 unspecified atom stereocenters. The third kappa shape index (κ3) is 0.803. The Labute approximate surface area is 63.4 Å². The molecule has 0 radical (unpaired) electrons. The Morgan fingerprint density at radius 1 is 1.50 bits per heavy atom. The Morgan fingerprint density at radius 2 is 2.40 bits per heavy atom. The summed E-state index contributed by atoms with van der Waals surface area (Å²) in [5, 5.41) is 5.90. The summed E-state index contributed by atoms with van der Waals surface area (Å²) < 4.78 is 5.86. The average molecular weight is 156 g/mol. The molecule has 10 heavy (non-hydrogen) atoms. The van der Waals surface area contributed by atoms with E-state index in [-0.39, 0.29) is 0 Å². The Balaban J connectivity index is 2.55. The molecule has 0 saturated heterocycles. The normalized spacial score (nSPS) is 16.8. The molecule has 0 spiro atoms. The fourth-order valence-electron chi connectivity index (χ4n) is 1.15. The lowest BCUT2D eigenvalue weighted by molar-refractivity contribution is 0.371. The number of aromatic amines is 1. The topological polar surface area (TPSA) is 41.0 Å². The second kappa shape index (κ2) is 2.21. The van der Waals surface area contributed by atoms with Crippen molar-refractivity contribution in [3.8, 4) is 0 Å². The molecule has 3 nitrogen and oxygen atoms in total. The monoisotopic (exact) mass is 156 g/mol. The first-order chi connectivity index (χ1) is 4.88. The molecule has 0 amide bonds. The SMILES string of the molecule is S=c1[nH]oc2c1CNCC2. The maximum absolute atomic E-state index is 5.12. The minimum atomic E-state index is 0.738. The second-order valence-corrected chi connectivity index (χ2v) is 2.77. The number of hydrogen-bond donors (Lipinski definition) is 2. The van der Waals surface area contributed by atoms with Crippen LogP contribution in [0.25, 0.3) is 0 Å². The molecule has 0 fully saturated rings. The highest BCUT2D eigenvalue weighted by atomic mass is 32.1. The fourth-order valence-corrected chi connectivity index (χ4v) is 1.38. The van der Waals surface area contributed by atoms with Gasteiger partial charge < -0.3 is 9.84 Å². The van der Waals surface area contributed by atoms with E-state index in [0.717, 1.165) is 35.5 Å². The van der Waals surface area contributed by atoms with E-state index < -0.39 is 0 Å². The minimum absolute atomic E-state index is 0.738. The van der Waals surface area contributed by atoms with Gasteiger partial charge in [-0.15, -0.1) is 0 Å². The predicted molar refractivity (Wildman–Crippen MR) is 39.3 cm³/mol. The number of rotatable bonds is 0. The van der Waals surface area contributed by atoms with Crippen LogP contribution in [-0.2, 0) is 13.0 Å². The molecule has 54 valence electrons. The molecule has 1 aromatic rings. The average Bonchev–Trinajstić information content (AvgIpc) is 2.34. The van der Waals surface area contributed by atoms with Crippen molar-refractivity contribution in [2.24, 2.45) is 0 Å². The van der Waals surface area contributed by atoms with Gasteiger partial charge in [-0.05, 0) is 0 Å². The van der Waals surface area contributed by atoms with Gasteiger partial charge in [0.1, 0.15) is 10.4 Å². The zero-order chi connectivity index (χ0) is 6.97. The largest absolute Gasteiger partial charge is 0.385 e. The van der Waals surface area contributed by atoms with Crippen LogP contribution in [-0.4, -0.2) is 11.7 Å². The zero-order valence-electron chi connectivity index (χ0n) is 5.44. The van der Waals surface area contributed by atoms with Crippen molar-refractivity contribution in [3.63, 3.8) is 0 Å². The van der Waals surface area contributed by atoms with Crippen LogP contribution in [0.4, 0.5) is 0 Å². The van der Waals surface area contributed by atoms with Crippen LogP contribution in [0.2, 0.25) is 0 Å². The molecule has 0 saturated carbocycles. The highest BCUT2D eigenvalue weighted by Crippen LogP contribution is 2.13. The van der Waals surface area contributed by atoms with Gasteiger partial charge in [-0.2, -0.15) is 0 Å². The molecule has 0 aromatic carbocycles. The van der Waals surface area contributed by atoms with Gasteiger partial charge in [-0.3, -0.25) is 0 Å². The number of H-pyrrole nitrogens is 1. The second-order valence-electron chi connectivity index (χ2n) is 2.36. The van der Waals surface area contributed by atoms with Gasteiger partial charge in [0.25, 0.3) is 0 Å². The summed E-state index contributed by atoms with van der Waals surface area (Å²) in [7, 11) is 0. The van der Waals surface area contributed by atoms with Crippen LogP contribution in [0.1, 0.15) is 11.3 Å². The van der Waals surface area contributed by atoms with Gasteiger partial charge >= 0.3 is 0 Å². The van der Waals surface area contributed by atoms with Crippen molar-refractivity contribution in [1.82, 2.24) is 10.5 Å². The first kappa shape index (κ1) is 6.12. The molecule has 0 aliphatic carbocycles. The van der Waals surface area contributed by atoms with E-state index in [1.165, 1.54) is 0 Å². The Hall–Kier alpha value is -0.610. The van der Waals surface area contributed by atoms with Gasteiger partial charge in [0, 0.05) is 25.1 Å². The molecule has 2 heterocycles. The summed E-state index contributed by atoms with van der Waals surface area (Å²) in [5.41, 5.74) is 1.13. The molecular formula is C6H8N2OS. The van der Waals surface area contributed by atoms with E-state index in [1.807, 2.05) is 0 Å². The number of fused-ring (bicyclic) bond motifs is 1. The standard InChI is InChI=1S/C6H8N2OS/c10-6-4-3-7-2-1-5(4)9-8-6/h7H,1-3H2,(H,8,10). The van der Waals surface area contributed by atoms with E-state index in [9.17, 15) is 0 Å². The first-order valence-electron chi connectivity index (χ1n) is 3.28. The van der Waals surface area contributed by atoms with Crippen molar-refractivity contribution < 1.29 is 4.52 Å². The summed E-state index contributed by atoms with van der Waals surface area (Å²) in [6.07, 6.45) is 0.947. The molecule has 0 bridgehead atoms. The lowest BCUT2D eigenvalue weighted by Gasteiger charge is -2.08. The number of nitrogens with one attached hydrogen (secondary N) is 2. The number of aromatic nitrogens is 1. The summed E-state index contributed by atoms with van der Waals surface area (Å²) in [6.45, 7) is 1.84. The molecule has 2 rings (SSSR count). The van der Waals surface area contributed by atoms with Gasteiger partial charge in [0.05, 0.1) is 0 Å². The van der Waals surface area contributed by atoms with E-state index in [1.54, 1.807) is 0 Å². The Bertz CT molecular complexity index is 288. The molecule has 1 aromatic heterocycles. The van der Waals surface area contributed by atoms with Gasteiger partial charge in [0.15, 0.2) is 0 Å². The third-order valence-electron chi connectivity index (χ3n) is 1.71. The molecule has 4 heteroatoms. The summed E-state index contributed by atoms with van der Waals surface area (Å²) in [5.74, 6) is 1.02. The van der Waals surface area contributed by atoms with Crippen molar-refractivity contribution in [1.29, 1.82) is 0 Å². The van der Waals surface area contributed by atoms with Crippen LogP contribution in [0, 0.1) is 4.64 Å². The lowest BCUT2D eigenvalue weighted by atomic mass is 10.1. The summed E-state index contributed by atoms with van der Waals surface area (Å²) >= 11 is 4.98. The Morgan fingerprint density at radius 3 is 3.20 bits per heavy atom. The quantitative estimate of drug-likeness (QED) is 0.550. The molecular weight excluding hydrogens is 148 g/mol. The molecule has 1 aliphatic heterocycles. The summed E-state index contributed by atoms with van der Waals surface area (Å²) in [6, 6.07) is 0. The number of hydrogen-bond acceptors (Lipinski definition) is 3. The van der Waals surface area contributed by atoms with Crippen molar-refractivity contribution in [2.45, 2.75) is 13.0 Å². The summed E-state index contributed by atoms with van der Waals surface area (Å²) in [4.78, 5) is 0. The van der Waals surface area contributed by atoms with Crippen LogP contribution in [0.15, 0.2) is 4.52 Å². The van der Waals surface area contributed by atoms with Crippen LogP contribution in [0.3, 0.4) is 0 Å². The lowest BCUT2D eigenvalue weighted by Crippen LogP contribution is -2.22. The molecule has 1 aliphatic rings. The maximum atomic E-state index is 5.12. The van der Waals surface area contributed by atoms with Gasteiger partial charge in [0.2, 0.25) is 0 Å². The fraction of sp³-hybridized carbons (Fsp3) is 0.500. The van der Waals surface area contributed by atoms with Crippen molar-refractivity contribution >= 4 is 12.2 Å². The zero-order valence-corrected chi connectivity index (χ0v) is 6.25. The highest BCUT2D eigenvalue weighted by Gasteiger charge is 2.13. The van der Waals surface area contributed by atoms with Crippen molar-refractivity contribution in [3.05, 3.63) is 16.0 Å². The van der Waals surface area contributed by atoms with Crippen molar-refractivity contribution in [2.75, 3.05) is 6.54 Å². The highest BCUT2D eigenvalue weighted by molar-refractivity contribution is 7.71. The smallest absolute Gasteiger partial charge is 0.142 e. The van der Waals surface area contributed by atoms with E-state index >= 15 is 0 Å². The van der Waals surface area contributed by atoms with E-state index in [4.69, 9.17) is 16.7 Å². The van der Waals surface area contributed by atoms with Gasteiger partial charge in [-0.25, -0.2) is 5.16 Å². The maximum Gasteiger partial charge on any atom is 0.142 e. The Kier molecular flexibility index (Phi) is 1.35. The van der Waals surface area contributed by atoms with Crippen LogP contribution >= 0.6 is 12.2 Å². The first-order valence-corrected chi connectivity index (χ1v) is 3.68. The van der Waals surface area contributed by atoms with E-state index in [0.29, 0.717) is 0 Å². The molecule has 2 N–H and O–H groups in total.